The van der Waals surface area contributed by atoms with Gasteiger partial charge in [0.15, 0.2) is 0 Å². The van der Waals surface area contributed by atoms with E-state index in [2.05, 4.69) is 44.4 Å². The zero-order chi connectivity index (χ0) is 19.5. The lowest BCUT2D eigenvalue weighted by Gasteiger charge is -2.07. The van der Waals surface area contributed by atoms with E-state index in [0.29, 0.717) is 57.2 Å². The summed E-state index contributed by atoms with van der Waals surface area (Å²) in [4.78, 5) is 11.7. The van der Waals surface area contributed by atoms with Crippen LogP contribution < -0.4 is 10.6 Å². The number of nitrogens with one attached hydrogen (secondary N) is 2. The fraction of sp³-hybridized carbons (Fsp3) is 0.842. The Morgan fingerprint density at radius 1 is 1.08 bits per heavy atom. The second-order valence-electron chi connectivity index (χ2n) is 6.64. The molecule has 0 spiro atoms. The van der Waals surface area contributed by atoms with Gasteiger partial charge in [-0.1, -0.05) is 61.4 Å². The van der Waals surface area contributed by atoms with Crippen LogP contribution in [0.25, 0.3) is 0 Å². The Bertz CT molecular complexity index is 354. The average Bonchev–Trinajstić information content (AvgIpc) is 2.58. The molecule has 7 heteroatoms. The summed E-state index contributed by atoms with van der Waals surface area (Å²) >= 11 is 0. The molecular formula is C19H38N2O3S2. The summed E-state index contributed by atoms with van der Waals surface area (Å²) < 4.78 is 11.0. The van der Waals surface area contributed by atoms with Gasteiger partial charge in [-0.2, -0.15) is 0 Å². The normalized spacial score (nSPS) is 11.9. The standard InChI is InChI=1S/C19H38N2O3S2/c1-17(2)7-5-11-23-13-9-20-15-19(22)8-6-12-24-16-26-25-14-10-21-18(3)4/h5,7,17-18,20-21H,6,8-16H2,1-4H3/b7-5+. The van der Waals surface area contributed by atoms with Crippen molar-refractivity contribution in [2.24, 2.45) is 5.92 Å². The SMILES string of the molecule is CC(C)/C=C/COCCNCC(=O)CCCOCSSCCNC(C)C. The highest BCUT2D eigenvalue weighted by Gasteiger charge is 2.01. The summed E-state index contributed by atoms with van der Waals surface area (Å²) in [6, 6.07) is 0.545. The zero-order valence-electron chi connectivity index (χ0n) is 16.9. The van der Waals surface area contributed by atoms with Crippen LogP contribution in [0.4, 0.5) is 0 Å². The minimum Gasteiger partial charge on any atom is -0.376 e. The molecule has 0 aliphatic rings. The number of rotatable bonds is 19. The maximum atomic E-state index is 11.7. The van der Waals surface area contributed by atoms with Gasteiger partial charge in [0, 0.05) is 37.9 Å². The maximum Gasteiger partial charge on any atom is 0.146 e. The molecule has 0 aromatic heterocycles. The topological polar surface area (TPSA) is 59.6 Å². The first kappa shape index (κ1) is 26.0. The molecule has 0 saturated heterocycles. The van der Waals surface area contributed by atoms with Crippen LogP contribution >= 0.6 is 21.6 Å². The molecule has 154 valence electrons. The number of Topliss-reactive ketones (excluding diaryl/α,β-unsaturated/α-hetero) is 1. The molecule has 2 N–H and O–H groups in total. The molecule has 0 aliphatic heterocycles. The van der Waals surface area contributed by atoms with E-state index in [1.165, 1.54) is 0 Å². The number of allylic oxidation sites excluding steroid dienone is 1. The quantitative estimate of drug-likeness (QED) is 0.147. The first-order valence-corrected chi connectivity index (χ1v) is 12.0. The van der Waals surface area contributed by atoms with Gasteiger partial charge in [0.2, 0.25) is 0 Å². The van der Waals surface area contributed by atoms with Crippen molar-refractivity contribution in [2.75, 3.05) is 51.1 Å². The Balaban J connectivity index is 3.22. The van der Waals surface area contributed by atoms with E-state index in [1.54, 1.807) is 10.8 Å². The molecule has 0 fully saturated rings. The van der Waals surface area contributed by atoms with E-state index in [0.717, 1.165) is 18.7 Å². The minimum absolute atomic E-state index is 0.232. The van der Waals surface area contributed by atoms with E-state index in [-0.39, 0.29) is 5.78 Å². The molecule has 0 saturated carbocycles. The molecule has 0 heterocycles. The van der Waals surface area contributed by atoms with E-state index >= 15 is 0 Å². The number of ketones is 1. The Hall–Kier alpha value is -0.0500. The van der Waals surface area contributed by atoms with Crippen molar-refractivity contribution in [3.05, 3.63) is 12.2 Å². The molecular weight excluding hydrogens is 368 g/mol. The lowest BCUT2D eigenvalue weighted by atomic mass is 10.2. The van der Waals surface area contributed by atoms with Gasteiger partial charge >= 0.3 is 0 Å². The molecule has 0 amide bonds. The van der Waals surface area contributed by atoms with Gasteiger partial charge in [-0.05, 0) is 12.3 Å². The van der Waals surface area contributed by atoms with Crippen molar-refractivity contribution in [3.8, 4) is 0 Å². The molecule has 0 atom stereocenters. The van der Waals surface area contributed by atoms with E-state index < -0.39 is 0 Å². The fourth-order valence-electron chi connectivity index (χ4n) is 1.89. The largest absolute Gasteiger partial charge is 0.376 e. The predicted molar refractivity (Wildman–Crippen MR) is 116 cm³/mol. The first-order valence-electron chi connectivity index (χ1n) is 9.54. The number of carbonyl (C=O) groups excluding carboxylic acids is 1. The number of hydrogen-bond donors (Lipinski definition) is 2. The van der Waals surface area contributed by atoms with Crippen molar-refractivity contribution in [3.63, 3.8) is 0 Å². The third kappa shape index (κ3) is 22.0. The molecule has 5 nitrogen and oxygen atoms in total. The lowest BCUT2D eigenvalue weighted by Crippen LogP contribution is -2.26. The summed E-state index contributed by atoms with van der Waals surface area (Å²) in [6.07, 6.45) is 5.52. The lowest BCUT2D eigenvalue weighted by molar-refractivity contribution is -0.118. The summed E-state index contributed by atoms with van der Waals surface area (Å²) in [7, 11) is 3.55. The molecule has 0 radical (unpaired) electrons. The van der Waals surface area contributed by atoms with Crippen molar-refractivity contribution in [2.45, 2.75) is 46.6 Å². The third-order valence-electron chi connectivity index (χ3n) is 3.18. The zero-order valence-corrected chi connectivity index (χ0v) is 18.6. The van der Waals surface area contributed by atoms with E-state index in [1.807, 2.05) is 16.9 Å². The van der Waals surface area contributed by atoms with Crippen molar-refractivity contribution < 1.29 is 14.3 Å². The number of carbonyl (C=O) groups is 1. The summed E-state index contributed by atoms with van der Waals surface area (Å²) in [5, 5.41) is 6.50. The van der Waals surface area contributed by atoms with Crippen molar-refractivity contribution >= 4 is 27.4 Å². The van der Waals surface area contributed by atoms with Crippen LogP contribution in [-0.2, 0) is 14.3 Å². The van der Waals surface area contributed by atoms with Crippen LogP contribution in [0.3, 0.4) is 0 Å². The molecule has 0 rings (SSSR count). The highest BCUT2D eigenvalue weighted by atomic mass is 33.1. The van der Waals surface area contributed by atoms with Gasteiger partial charge < -0.3 is 20.1 Å². The van der Waals surface area contributed by atoms with Crippen LogP contribution in [0.2, 0.25) is 0 Å². The van der Waals surface area contributed by atoms with Crippen molar-refractivity contribution in [1.29, 1.82) is 0 Å². The van der Waals surface area contributed by atoms with Gasteiger partial charge in [0.1, 0.15) is 11.7 Å². The van der Waals surface area contributed by atoms with Gasteiger partial charge in [0.05, 0.1) is 19.8 Å². The summed E-state index contributed by atoms with van der Waals surface area (Å²) in [6.45, 7) is 12.6. The van der Waals surface area contributed by atoms with E-state index in [9.17, 15) is 4.79 Å². The summed E-state index contributed by atoms with van der Waals surface area (Å²) in [5.74, 6) is 2.55. The highest BCUT2D eigenvalue weighted by molar-refractivity contribution is 8.76. The second-order valence-corrected chi connectivity index (χ2v) is 9.17. The number of hydrogen-bond acceptors (Lipinski definition) is 7. The van der Waals surface area contributed by atoms with Crippen LogP contribution in [0, 0.1) is 5.92 Å². The first-order chi connectivity index (χ1) is 12.5. The Morgan fingerprint density at radius 3 is 2.62 bits per heavy atom. The van der Waals surface area contributed by atoms with Gasteiger partial charge in [-0.3, -0.25) is 4.79 Å². The smallest absolute Gasteiger partial charge is 0.146 e. The van der Waals surface area contributed by atoms with Gasteiger partial charge in [-0.25, -0.2) is 0 Å². The molecule has 0 bridgehead atoms. The Kier molecular flexibility index (Phi) is 19.7. The van der Waals surface area contributed by atoms with Gasteiger partial charge in [0.25, 0.3) is 0 Å². The second kappa shape index (κ2) is 19.7. The van der Waals surface area contributed by atoms with Crippen LogP contribution in [0.1, 0.15) is 40.5 Å². The monoisotopic (exact) mass is 406 g/mol. The average molecular weight is 407 g/mol. The minimum atomic E-state index is 0.232. The van der Waals surface area contributed by atoms with Crippen molar-refractivity contribution in [1.82, 2.24) is 10.6 Å². The number of ether oxygens (including phenoxy) is 2. The maximum absolute atomic E-state index is 11.7. The van der Waals surface area contributed by atoms with Crippen LogP contribution in [0.5, 0.6) is 0 Å². The molecule has 0 aromatic carbocycles. The Labute approximate surface area is 168 Å². The fourth-order valence-corrected chi connectivity index (χ4v) is 3.47. The molecule has 0 unspecified atom stereocenters. The summed E-state index contributed by atoms with van der Waals surface area (Å²) in [5.41, 5.74) is 0. The van der Waals surface area contributed by atoms with Gasteiger partial charge in [-0.15, -0.1) is 0 Å². The predicted octanol–water partition coefficient (Wildman–Crippen LogP) is 3.51. The Morgan fingerprint density at radius 2 is 1.88 bits per heavy atom. The molecule has 26 heavy (non-hydrogen) atoms. The van der Waals surface area contributed by atoms with Crippen LogP contribution in [-0.4, -0.2) is 63.0 Å². The molecule has 0 aromatic rings. The van der Waals surface area contributed by atoms with Crippen LogP contribution in [0.15, 0.2) is 12.2 Å². The molecule has 0 aliphatic carbocycles. The third-order valence-corrected chi connectivity index (χ3v) is 5.27. The highest BCUT2D eigenvalue weighted by Crippen LogP contribution is 2.20. The van der Waals surface area contributed by atoms with E-state index in [4.69, 9.17) is 9.47 Å².